The first-order valence-electron chi connectivity index (χ1n) is 6.17. The van der Waals surface area contributed by atoms with Gasteiger partial charge in [0.05, 0.1) is 11.8 Å². The van der Waals surface area contributed by atoms with Crippen LogP contribution in [0.15, 0.2) is 0 Å². The van der Waals surface area contributed by atoms with Gasteiger partial charge in [-0.1, -0.05) is 27.7 Å². The number of carbonyl (C=O) groups excluding carboxylic acids is 1. The normalized spacial score (nSPS) is 14.6. The van der Waals surface area contributed by atoms with E-state index >= 15 is 0 Å². The fourth-order valence-electron chi connectivity index (χ4n) is 1.12. The molecular formula is C12H26N2O3S. The van der Waals surface area contributed by atoms with E-state index in [-0.39, 0.29) is 23.5 Å². The number of nitrogens with one attached hydrogen (secondary N) is 1. The summed E-state index contributed by atoms with van der Waals surface area (Å²) in [5, 5.41) is 2.78. The maximum absolute atomic E-state index is 11.7. The first-order chi connectivity index (χ1) is 7.96. The highest BCUT2D eigenvalue weighted by atomic mass is 32.2. The quantitative estimate of drug-likeness (QED) is 0.711. The number of hydrogen-bond donors (Lipinski definition) is 2. The zero-order chi connectivity index (χ0) is 14.6. The Kier molecular flexibility index (Phi) is 6.29. The second-order valence-electron chi connectivity index (χ2n) is 5.89. The van der Waals surface area contributed by atoms with Gasteiger partial charge in [-0.3, -0.25) is 4.79 Å². The molecule has 0 aliphatic heterocycles. The van der Waals surface area contributed by atoms with Gasteiger partial charge in [0, 0.05) is 12.8 Å². The molecule has 0 aliphatic carbocycles. The van der Waals surface area contributed by atoms with Crippen LogP contribution in [-0.4, -0.2) is 38.9 Å². The van der Waals surface area contributed by atoms with Crippen LogP contribution in [0.2, 0.25) is 0 Å². The Morgan fingerprint density at radius 1 is 1.33 bits per heavy atom. The van der Waals surface area contributed by atoms with Crippen molar-refractivity contribution >= 4 is 15.7 Å². The number of nitrogens with two attached hydrogens (primary N) is 1. The molecule has 0 rings (SSSR count). The zero-order valence-electron chi connectivity index (χ0n) is 12.0. The van der Waals surface area contributed by atoms with E-state index in [1.165, 1.54) is 0 Å². The summed E-state index contributed by atoms with van der Waals surface area (Å²) >= 11 is 0. The van der Waals surface area contributed by atoms with Crippen LogP contribution >= 0.6 is 0 Å². The van der Waals surface area contributed by atoms with Crippen LogP contribution in [0.4, 0.5) is 0 Å². The molecule has 0 saturated carbocycles. The predicted molar refractivity (Wildman–Crippen MR) is 73.9 cm³/mol. The van der Waals surface area contributed by atoms with Crippen molar-refractivity contribution in [1.29, 1.82) is 0 Å². The lowest BCUT2D eigenvalue weighted by atomic mass is 9.81. The molecule has 1 unspecified atom stereocenters. The fourth-order valence-corrected chi connectivity index (χ4v) is 1.80. The number of rotatable bonds is 7. The minimum Gasteiger partial charge on any atom is -0.354 e. The Balaban J connectivity index is 4.18. The summed E-state index contributed by atoms with van der Waals surface area (Å²) in [5.41, 5.74) is 5.65. The van der Waals surface area contributed by atoms with Crippen molar-refractivity contribution in [3.05, 3.63) is 0 Å². The Labute approximate surface area is 110 Å². The highest BCUT2D eigenvalue weighted by Crippen LogP contribution is 2.24. The molecule has 0 spiro atoms. The van der Waals surface area contributed by atoms with Crippen LogP contribution in [-0.2, 0) is 14.6 Å². The van der Waals surface area contributed by atoms with E-state index in [2.05, 4.69) is 33.0 Å². The largest absolute Gasteiger partial charge is 0.354 e. The molecule has 1 amide bonds. The minimum atomic E-state index is -3.07. The highest BCUT2D eigenvalue weighted by Gasteiger charge is 2.24. The van der Waals surface area contributed by atoms with Gasteiger partial charge in [0.25, 0.3) is 0 Å². The molecule has 0 saturated heterocycles. The summed E-state index contributed by atoms with van der Waals surface area (Å²) < 4.78 is 22.0. The second kappa shape index (κ2) is 6.52. The lowest BCUT2D eigenvalue weighted by Crippen LogP contribution is -2.45. The first kappa shape index (κ1) is 17.4. The Bertz CT molecular complexity index is 375. The van der Waals surface area contributed by atoms with Gasteiger partial charge in [-0.2, -0.15) is 0 Å². The fraction of sp³-hybridized carbons (Fsp3) is 0.917. The second-order valence-corrected chi connectivity index (χ2v) is 8.15. The molecule has 0 heterocycles. The van der Waals surface area contributed by atoms with Gasteiger partial charge in [0.15, 0.2) is 0 Å². The molecule has 6 heteroatoms. The highest BCUT2D eigenvalue weighted by molar-refractivity contribution is 7.90. The molecule has 0 aliphatic rings. The standard InChI is InChI=1S/C12H26N2O3S/c1-9(2)12(3,4)8-14-11(15)10(13)6-7-18(5,16)17/h9-10H,6-8,13H2,1-5H3,(H,14,15). The van der Waals surface area contributed by atoms with Crippen LogP contribution in [0.5, 0.6) is 0 Å². The van der Waals surface area contributed by atoms with Crippen molar-refractivity contribution < 1.29 is 13.2 Å². The van der Waals surface area contributed by atoms with E-state index in [1.54, 1.807) is 0 Å². The number of sulfone groups is 1. The van der Waals surface area contributed by atoms with E-state index in [0.29, 0.717) is 12.5 Å². The van der Waals surface area contributed by atoms with Crippen molar-refractivity contribution in [2.45, 2.75) is 40.2 Å². The van der Waals surface area contributed by atoms with Crippen LogP contribution in [0.3, 0.4) is 0 Å². The molecule has 3 N–H and O–H groups in total. The lowest BCUT2D eigenvalue weighted by Gasteiger charge is -2.29. The third-order valence-electron chi connectivity index (χ3n) is 3.42. The molecular weight excluding hydrogens is 252 g/mol. The smallest absolute Gasteiger partial charge is 0.236 e. The maximum Gasteiger partial charge on any atom is 0.236 e. The van der Waals surface area contributed by atoms with Crippen molar-refractivity contribution in [1.82, 2.24) is 5.32 Å². The molecule has 0 aromatic heterocycles. The molecule has 0 fully saturated rings. The molecule has 0 bridgehead atoms. The van der Waals surface area contributed by atoms with Gasteiger partial charge >= 0.3 is 0 Å². The molecule has 0 radical (unpaired) electrons. The summed E-state index contributed by atoms with van der Waals surface area (Å²) in [5.74, 6) is 0.0900. The maximum atomic E-state index is 11.7. The molecule has 1 atom stereocenters. The topological polar surface area (TPSA) is 89.3 Å². The molecule has 5 nitrogen and oxygen atoms in total. The monoisotopic (exact) mass is 278 g/mol. The summed E-state index contributed by atoms with van der Waals surface area (Å²) in [7, 11) is -3.07. The van der Waals surface area contributed by atoms with Gasteiger partial charge < -0.3 is 11.1 Å². The van der Waals surface area contributed by atoms with E-state index in [0.717, 1.165) is 6.26 Å². The van der Waals surface area contributed by atoms with Crippen LogP contribution in [0.1, 0.15) is 34.1 Å². The van der Waals surface area contributed by atoms with E-state index in [4.69, 9.17) is 5.73 Å². The van der Waals surface area contributed by atoms with E-state index in [9.17, 15) is 13.2 Å². The third-order valence-corrected chi connectivity index (χ3v) is 4.39. The molecule has 0 aromatic carbocycles. The van der Waals surface area contributed by atoms with Crippen molar-refractivity contribution in [2.24, 2.45) is 17.1 Å². The SMILES string of the molecule is CC(C)C(C)(C)CNC(=O)C(N)CCS(C)(=O)=O. The van der Waals surface area contributed by atoms with Crippen molar-refractivity contribution in [3.63, 3.8) is 0 Å². The number of amides is 1. The number of carbonyl (C=O) groups is 1. The predicted octanol–water partition coefficient (Wildman–Crippen LogP) is 0.547. The average molecular weight is 278 g/mol. The van der Waals surface area contributed by atoms with Gasteiger partial charge in [-0.25, -0.2) is 8.42 Å². The zero-order valence-corrected chi connectivity index (χ0v) is 12.8. The minimum absolute atomic E-state index is 0.00773. The average Bonchev–Trinajstić information content (AvgIpc) is 2.21. The van der Waals surface area contributed by atoms with Crippen molar-refractivity contribution in [2.75, 3.05) is 18.6 Å². The van der Waals surface area contributed by atoms with Crippen LogP contribution in [0, 0.1) is 11.3 Å². The Morgan fingerprint density at radius 2 is 1.83 bits per heavy atom. The van der Waals surface area contributed by atoms with Gasteiger partial charge in [0.1, 0.15) is 9.84 Å². The summed E-state index contributed by atoms with van der Waals surface area (Å²) in [6, 6.07) is -0.761. The van der Waals surface area contributed by atoms with Gasteiger partial charge in [-0.15, -0.1) is 0 Å². The third kappa shape index (κ3) is 6.96. The molecule has 108 valence electrons. The molecule has 18 heavy (non-hydrogen) atoms. The molecule has 0 aromatic rings. The summed E-state index contributed by atoms with van der Waals surface area (Å²) in [4.78, 5) is 11.7. The first-order valence-corrected chi connectivity index (χ1v) is 8.23. The Morgan fingerprint density at radius 3 is 2.22 bits per heavy atom. The van der Waals surface area contributed by atoms with Crippen LogP contribution in [0.25, 0.3) is 0 Å². The summed E-state index contributed by atoms with van der Waals surface area (Å²) in [6.45, 7) is 8.86. The van der Waals surface area contributed by atoms with Crippen LogP contribution < -0.4 is 11.1 Å². The van der Waals surface area contributed by atoms with Gasteiger partial charge in [-0.05, 0) is 17.8 Å². The van der Waals surface area contributed by atoms with E-state index < -0.39 is 15.9 Å². The lowest BCUT2D eigenvalue weighted by molar-refractivity contribution is -0.122. The van der Waals surface area contributed by atoms with Gasteiger partial charge in [0.2, 0.25) is 5.91 Å². The van der Waals surface area contributed by atoms with Crippen molar-refractivity contribution in [3.8, 4) is 0 Å². The summed E-state index contributed by atoms with van der Waals surface area (Å²) in [6.07, 6.45) is 1.30. The van der Waals surface area contributed by atoms with E-state index in [1.807, 2.05) is 0 Å². The number of hydrogen-bond acceptors (Lipinski definition) is 4. The Hall–Kier alpha value is -0.620.